The van der Waals surface area contributed by atoms with Gasteiger partial charge in [-0.3, -0.25) is 0 Å². The van der Waals surface area contributed by atoms with E-state index >= 15 is 0 Å². The van der Waals surface area contributed by atoms with E-state index < -0.39 is 5.97 Å². The van der Waals surface area contributed by atoms with Gasteiger partial charge in [0.15, 0.2) is 5.69 Å². The molecule has 5 nitrogen and oxygen atoms in total. The fourth-order valence-electron chi connectivity index (χ4n) is 1.42. The number of nitrogens with zero attached hydrogens (tertiary/aromatic N) is 3. The van der Waals surface area contributed by atoms with Gasteiger partial charge in [0.1, 0.15) is 11.6 Å². The molecule has 1 aromatic carbocycles. The second-order valence-electron chi connectivity index (χ2n) is 3.22. The minimum absolute atomic E-state index is 0.00981. The molecule has 1 heterocycles. The summed E-state index contributed by atoms with van der Waals surface area (Å²) in [5.74, 6) is -1.16. The molecule has 0 aliphatic heterocycles. The van der Waals surface area contributed by atoms with E-state index in [-0.39, 0.29) is 11.3 Å². The smallest absolute Gasteiger partial charge is 0.340 e. The first kappa shape index (κ1) is 11.4. The summed E-state index contributed by atoms with van der Waals surface area (Å²) in [6.07, 6.45) is 1.17. The Morgan fingerprint density at radius 3 is 2.88 bits per heavy atom. The van der Waals surface area contributed by atoms with Gasteiger partial charge in [-0.25, -0.2) is 9.48 Å². The first-order chi connectivity index (χ1) is 8.13. The molecule has 0 unspecified atom stereocenters. The lowest BCUT2D eigenvalue weighted by Gasteiger charge is -2.03. The maximum atomic E-state index is 10.9. The van der Waals surface area contributed by atoms with Crippen molar-refractivity contribution in [3.8, 4) is 11.8 Å². The van der Waals surface area contributed by atoms with Gasteiger partial charge in [-0.1, -0.05) is 22.0 Å². The second kappa shape index (κ2) is 4.39. The van der Waals surface area contributed by atoms with Crippen molar-refractivity contribution >= 4 is 21.9 Å². The molecular formula is C11H6BrN3O2. The Bertz CT molecular complexity index is 628. The van der Waals surface area contributed by atoms with Gasteiger partial charge in [-0.15, -0.1) is 0 Å². The number of nitriles is 1. The van der Waals surface area contributed by atoms with Crippen LogP contribution >= 0.6 is 15.9 Å². The van der Waals surface area contributed by atoms with Gasteiger partial charge in [0.2, 0.25) is 0 Å². The number of aromatic nitrogens is 2. The van der Waals surface area contributed by atoms with Gasteiger partial charge in [0.05, 0.1) is 11.9 Å². The standard InChI is InChI=1S/C11H6BrN3O2/c12-7-2-1-3-8(4-7)15-10(5-13)9(6-14-15)11(16)17/h1-4,6H,(H,16,17). The molecule has 0 aliphatic carbocycles. The van der Waals surface area contributed by atoms with Crippen LogP contribution in [0.4, 0.5) is 0 Å². The van der Waals surface area contributed by atoms with Crippen molar-refractivity contribution < 1.29 is 9.90 Å². The van der Waals surface area contributed by atoms with Crippen LogP contribution in [0.25, 0.3) is 5.69 Å². The SMILES string of the molecule is N#Cc1c(C(=O)O)cnn1-c1cccc(Br)c1. The fraction of sp³-hybridized carbons (Fsp3) is 0. The third kappa shape index (κ3) is 2.05. The van der Waals surface area contributed by atoms with Crippen LogP contribution in [0.1, 0.15) is 16.1 Å². The number of carbonyl (C=O) groups is 1. The van der Waals surface area contributed by atoms with Crippen molar-refractivity contribution in [3.63, 3.8) is 0 Å². The number of carboxylic acids is 1. The minimum atomic E-state index is -1.16. The summed E-state index contributed by atoms with van der Waals surface area (Å²) >= 11 is 3.30. The molecular weight excluding hydrogens is 286 g/mol. The van der Waals surface area contributed by atoms with Crippen LogP contribution in [0.15, 0.2) is 34.9 Å². The average molecular weight is 292 g/mol. The van der Waals surface area contributed by atoms with Crippen LogP contribution in [0.5, 0.6) is 0 Å². The van der Waals surface area contributed by atoms with Crippen molar-refractivity contribution in [2.24, 2.45) is 0 Å². The summed E-state index contributed by atoms with van der Waals surface area (Å²) in [6, 6.07) is 8.95. The summed E-state index contributed by atoms with van der Waals surface area (Å²) < 4.78 is 2.13. The van der Waals surface area contributed by atoms with Gasteiger partial charge >= 0.3 is 5.97 Å². The molecule has 0 saturated carbocycles. The second-order valence-corrected chi connectivity index (χ2v) is 4.13. The van der Waals surface area contributed by atoms with Gasteiger partial charge in [0.25, 0.3) is 0 Å². The van der Waals surface area contributed by atoms with Crippen molar-refractivity contribution in [1.82, 2.24) is 9.78 Å². The third-order valence-corrected chi connectivity index (χ3v) is 2.65. The van der Waals surface area contributed by atoms with E-state index in [1.807, 2.05) is 12.1 Å². The molecule has 0 radical (unpaired) electrons. The Balaban J connectivity index is 2.62. The number of benzene rings is 1. The molecule has 1 N–H and O–H groups in total. The maximum Gasteiger partial charge on any atom is 0.340 e. The van der Waals surface area contributed by atoms with Crippen molar-refractivity contribution in [2.45, 2.75) is 0 Å². The Labute approximate surface area is 105 Å². The molecule has 1 aromatic heterocycles. The number of rotatable bonds is 2. The van der Waals surface area contributed by atoms with Gasteiger partial charge in [-0.05, 0) is 18.2 Å². The van der Waals surface area contributed by atoms with E-state index in [2.05, 4.69) is 21.0 Å². The number of halogens is 1. The average Bonchev–Trinajstić information content (AvgIpc) is 2.72. The monoisotopic (exact) mass is 291 g/mol. The highest BCUT2D eigenvalue weighted by atomic mass is 79.9. The highest BCUT2D eigenvalue weighted by Gasteiger charge is 2.17. The van der Waals surface area contributed by atoms with Crippen LogP contribution < -0.4 is 0 Å². The van der Waals surface area contributed by atoms with E-state index in [9.17, 15) is 4.79 Å². The van der Waals surface area contributed by atoms with E-state index in [0.717, 1.165) is 4.47 Å². The molecule has 0 saturated heterocycles. The van der Waals surface area contributed by atoms with E-state index in [1.54, 1.807) is 18.2 Å². The first-order valence-electron chi connectivity index (χ1n) is 4.61. The number of aromatic carboxylic acids is 1. The first-order valence-corrected chi connectivity index (χ1v) is 5.40. The molecule has 0 amide bonds. The number of carboxylic acid groups (broad SMARTS) is 1. The summed E-state index contributed by atoms with van der Waals surface area (Å²) in [5.41, 5.74) is 0.534. The van der Waals surface area contributed by atoms with Crippen LogP contribution in [-0.2, 0) is 0 Å². The lowest BCUT2D eigenvalue weighted by molar-refractivity contribution is 0.0696. The normalized spacial score (nSPS) is 9.88. The number of hydrogen-bond acceptors (Lipinski definition) is 3. The van der Waals surface area contributed by atoms with E-state index in [4.69, 9.17) is 10.4 Å². The van der Waals surface area contributed by atoms with E-state index in [1.165, 1.54) is 10.9 Å². The lowest BCUT2D eigenvalue weighted by atomic mass is 10.2. The molecule has 0 atom stereocenters. The predicted molar refractivity (Wildman–Crippen MR) is 62.9 cm³/mol. The zero-order chi connectivity index (χ0) is 12.4. The predicted octanol–water partition coefficient (Wildman–Crippen LogP) is 2.20. The molecule has 6 heteroatoms. The van der Waals surface area contributed by atoms with Crippen LogP contribution in [0.3, 0.4) is 0 Å². The molecule has 0 spiro atoms. The minimum Gasteiger partial charge on any atom is -0.478 e. The van der Waals surface area contributed by atoms with E-state index in [0.29, 0.717) is 5.69 Å². The highest BCUT2D eigenvalue weighted by molar-refractivity contribution is 9.10. The van der Waals surface area contributed by atoms with Gasteiger partial charge in [-0.2, -0.15) is 10.4 Å². The van der Waals surface area contributed by atoms with Gasteiger partial charge < -0.3 is 5.11 Å². The maximum absolute atomic E-state index is 10.9. The summed E-state index contributed by atoms with van der Waals surface area (Å²) in [6.45, 7) is 0. The van der Waals surface area contributed by atoms with Gasteiger partial charge in [0, 0.05) is 4.47 Å². The van der Waals surface area contributed by atoms with Crippen LogP contribution in [0.2, 0.25) is 0 Å². The topological polar surface area (TPSA) is 78.9 Å². The third-order valence-electron chi connectivity index (χ3n) is 2.16. The van der Waals surface area contributed by atoms with Crippen molar-refractivity contribution in [3.05, 3.63) is 46.2 Å². The zero-order valence-electron chi connectivity index (χ0n) is 8.46. The Morgan fingerprint density at radius 2 is 2.29 bits per heavy atom. The molecule has 2 aromatic rings. The largest absolute Gasteiger partial charge is 0.478 e. The Hall–Kier alpha value is -2.13. The number of hydrogen-bond donors (Lipinski definition) is 1. The molecule has 17 heavy (non-hydrogen) atoms. The molecule has 0 fully saturated rings. The highest BCUT2D eigenvalue weighted by Crippen LogP contribution is 2.18. The summed E-state index contributed by atoms with van der Waals surface area (Å²) in [4.78, 5) is 10.9. The summed E-state index contributed by atoms with van der Waals surface area (Å²) in [5, 5.41) is 21.8. The van der Waals surface area contributed by atoms with Crippen molar-refractivity contribution in [2.75, 3.05) is 0 Å². The lowest BCUT2D eigenvalue weighted by Crippen LogP contribution is -2.03. The summed E-state index contributed by atoms with van der Waals surface area (Å²) in [7, 11) is 0. The zero-order valence-corrected chi connectivity index (χ0v) is 10.0. The molecule has 0 bridgehead atoms. The molecule has 84 valence electrons. The fourth-order valence-corrected chi connectivity index (χ4v) is 1.80. The quantitative estimate of drug-likeness (QED) is 0.920. The van der Waals surface area contributed by atoms with Crippen LogP contribution in [0, 0.1) is 11.3 Å². The van der Waals surface area contributed by atoms with Crippen molar-refractivity contribution in [1.29, 1.82) is 5.26 Å². The molecule has 0 aliphatic rings. The Morgan fingerprint density at radius 1 is 1.53 bits per heavy atom. The Kier molecular flexibility index (Phi) is 2.93. The van der Waals surface area contributed by atoms with Crippen LogP contribution in [-0.4, -0.2) is 20.9 Å². The molecule has 2 rings (SSSR count).